The monoisotopic (exact) mass is 670 g/mol. The smallest absolute Gasteiger partial charge is 0.119 e. The number of hydrogen-bond donors (Lipinski definition) is 0. The quantitative estimate of drug-likeness (QED) is 0.251. The summed E-state index contributed by atoms with van der Waals surface area (Å²) in [5.74, 6) is 2.43. The Bertz CT molecular complexity index is 1780. The summed E-state index contributed by atoms with van der Waals surface area (Å²) in [6, 6.07) is 14.6. The van der Waals surface area contributed by atoms with Gasteiger partial charge in [-0.1, -0.05) is 12.8 Å². The van der Waals surface area contributed by atoms with E-state index in [1.807, 2.05) is 0 Å². The van der Waals surface area contributed by atoms with Crippen LogP contribution in [0.15, 0.2) is 36.4 Å². The summed E-state index contributed by atoms with van der Waals surface area (Å²) in [6.07, 6.45) is 11.3. The molecule has 49 heavy (non-hydrogen) atoms. The Labute approximate surface area is 289 Å². The first-order chi connectivity index (χ1) is 24.1. The first-order valence-electron chi connectivity index (χ1n) is 19.3. The first kappa shape index (κ1) is 31.7. The third kappa shape index (κ3) is 6.32. The van der Waals surface area contributed by atoms with Crippen molar-refractivity contribution >= 4 is 33.4 Å². The van der Waals surface area contributed by atoms with Gasteiger partial charge in [-0.05, 0) is 81.3 Å². The number of hydrogen-bond acceptors (Lipinski definition) is 6. The summed E-state index contributed by atoms with van der Waals surface area (Å²) in [5, 5.41) is 0. The van der Waals surface area contributed by atoms with Gasteiger partial charge >= 0.3 is 0 Å². The summed E-state index contributed by atoms with van der Waals surface area (Å²) in [5.41, 5.74) is 6.86. The van der Waals surface area contributed by atoms with E-state index in [0.717, 1.165) is 106 Å². The lowest BCUT2D eigenvalue weighted by atomic mass is 9.91. The second-order valence-corrected chi connectivity index (χ2v) is 15.5. The van der Waals surface area contributed by atoms with Gasteiger partial charge in [-0.2, -0.15) is 0 Å². The maximum Gasteiger partial charge on any atom is 0.119 e. The van der Waals surface area contributed by atoms with E-state index < -0.39 is 12.3 Å². The van der Waals surface area contributed by atoms with Crippen LogP contribution in [0.25, 0.3) is 22.1 Å². The third-order valence-corrected chi connectivity index (χ3v) is 12.5. The number of fused-ring (bicyclic) bond motifs is 6. The number of rotatable bonds is 4. The van der Waals surface area contributed by atoms with E-state index in [1.54, 1.807) is 0 Å². The van der Waals surface area contributed by atoms with Crippen molar-refractivity contribution in [3.05, 3.63) is 48.0 Å². The maximum absolute atomic E-state index is 13.7. The summed E-state index contributed by atoms with van der Waals surface area (Å²) in [4.78, 5) is 19.5. The lowest BCUT2D eigenvalue weighted by molar-refractivity contribution is 0.130. The molecule has 0 bridgehead atoms. The maximum atomic E-state index is 13.7. The Kier molecular flexibility index (Phi) is 8.72. The zero-order valence-corrected chi connectivity index (χ0v) is 29.0. The number of nitrogens with zero attached hydrogens (tertiary/aromatic N) is 8. The Hall–Kier alpha value is -3.24. The van der Waals surface area contributed by atoms with Crippen molar-refractivity contribution in [1.29, 1.82) is 0 Å². The van der Waals surface area contributed by atoms with E-state index in [0.29, 0.717) is 25.9 Å². The van der Waals surface area contributed by atoms with E-state index in [9.17, 15) is 8.78 Å². The van der Waals surface area contributed by atoms with Crippen molar-refractivity contribution < 1.29 is 8.78 Å². The van der Waals surface area contributed by atoms with Gasteiger partial charge in [0.15, 0.2) is 0 Å². The molecule has 0 amide bonds. The number of alkyl halides is 2. The Balaban J connectivity index is 0.000000133. The van der Waals surface area contributed by atoms with Crippen LogP contribution in [0.3, 0.4) is 0 Å². The molecule has 6 aliphatic rings. The SMILES string of the molecule is FC1CCCN(c2ccc3c(c2)nc2n3CCN(C3CCC3)CC2)C1.FC1CCN(c2ccc3c(c2)nc2n3CCN(C3CCC3)CC2)C1. The average molecular weight is 671 g/mol. The van der Waals surface area contributed by atoms with Crippen LogP contribution in [0.1, 0.15) is 69.4 Å². The van der Waals surface area contributed by atoms with Crippen LogP contribution in [0.5, 0.6) is 0 Å². The van der Waals surface area contributed by atoms with Crippen LogP contribution >= 0.6 is 0 Å². The molecule has 2 unspecified atom stereocenters. The van der Waals surface area contributed by atoms with Gasteiger partial charge in [-0.25, -0.2) is 18.7 Å². The molecule has 6 heterocycles. The van der Waals surface area contributed by atoms with Gasteiger partial charge in [0.2, 0.25) is 0 Å². The number of imidazole rings is 2. The predicted molar refractivity (Wildman–Crippen MR) is 193 cm³/mol. The Morgan fingerprint density at radius 1 is 0.510 bits per heavy atom. The fraction of sp³-hybridized carbons (Fsp3) is 0.641. The minimum Gasteiger partial charge on any atom is -0.369 e. The lowest BCUT2D eigenvalue weighted by Gasteiger charge is -2.36. The van der Waals surface area contributed by atoms with Crippen LogP contribution < -0.4 is 9.80 Å². The van der Waals surface area contributed by atoms with Crippen molar-refractivity contribution in [2.75, 3.05) is 62.2 Å². The molecular weight excluding hydrogens is 618 g/mol. The fourth-order valence-electron chi connectivity index (χ4n) is 9.12. The van der Waals surface area contributed by atoms with E-state index >= 15 is 0 Å². The minimum atomic E-state index is -0.694. The van der Waals surface area contributed by atoms with Gasteiger partial charge in [-0.3, -0.25) is 9.80 Å². The molecule has 2 saturated carbocycles. The van der Waals surface area contributed by atoms with Crippen molar-refractivity contribution in [3.8, 4) is 0 Å². The number of anilines is 2. The second-order valence-electron chi connectivity index (χ2n) is 15.5. The molecule has 2 aromatic carbocycles. The molecule has 2 aliphatic carbocycles. The number of piperidine rings is 1. The Morgan fingerprint density at radius 2 is 1.02 bits per heavy atom. The molecule has 2 saturated heterocycles. The highest BCUT2D eigenvalue weighted by Crippen LogP contribution is 2.32. The van der Waals surface area contributed by atoms with Crippen molar-refractivity contribution in [2.45, 2.75) is 108 Å². The normalized spacial score (nSPS) is 25.7. The van der Waals surface area contributed by atoms with Crippen molar-refractivity contribution in [2.24, 2.45) is 0 Å². The van der Waals surface area contributed by atoms with E-state index in [1.165, 1.54) is 61.2 Å². The molecule has 10 rings (SSSR count). The van der Waals surface area contributed by atoms with Gasteiger partial charge in [0.05, 0.1) is 22.1 Å². The van der Waals surface area contributed by atoms with Crippen LogP contribution in [0.2, 0.25) is 0 Å². The van der Waals surface area contributed by atoms with E-state index in [-0.39, 0.29) is 0 Å². The summed E-state index contributed by atoms with van der Waals surface area (Å²) in [7, 11) is 0. The van der Waals surface area contributed by atoms with Gasteiger partial charge in [0.1, 0.15) is 24.0 Å². The molecule has 2 atom stereocenters. The molecule has 262 valence electrons. The third-order valence-electron chi connectivity index (χ3n) is 12.5. The topological polar surface area (TPSA) is 48.6 Å². The largest absolute Gasteiger partial charge is 0.369 e. The minimum absolute atomic E-state index is 0.523. The van der Waals surface area contributed by atoms with Crippen molar-refractivity contribution in [3.63, 3.8) is 0 Å². The fourth-order valence-corrected chi connectivity index (χ4v) is 9.12. The van der Waals surface area contributed by atoms with Gasteiger partial charge in [0, 0.05) is 102 Å². The zero-order chi connectivity index (χ0) is 32.9. The molecule has 4 fully saturated rings. The number of benzene rings is 2. The van der Waals surface area contributed by atoms with E-state index in [2.05, 4.69) is 65.1 Å². The highest BCUT2D eigenvalue weighted by atomic mass is 19.1. The number of halogens is 2. The number of aromatic nitrogens is 4. The van der Waals surface area contributed by atoms with Crippen LogP contribution in [-0.4, -0.2) is 106 Å². The van der Waals surface area contributed by atoms with E-state index in [4.69, 9.17) is 9.97 Å². The molecule has 0 radical (unpaired) electrons. The van der Waals surface area contributed by atoms with Crippen LogP contribution in [0, 0.1) is 0 Å². The van der Waals surface area contributed by atoms with Crippen LogP contribution in [0.4, 0.5) is 20.2 Å². The molecule has 10 heteroatoms. The zero-order valence-electron chi connectivity index (χ0n) is 29.0. The lowest BCUT2D eigenvalue weighted by Crippen LogP contribution is -2.41. The molecule has 8 nitrogen and oxygen atoms in total. The molecule has 2 aromatic heterocycles. The van der Waals surface area contributed by atoms with Crippen LogP contribution in [-0.2, 0) is 25.9 Å². The molecule has 0 spiro atoms. The molecular formula is C39H52F2N8. The van der Waals surface area contributed by atoms with Gasteiger partial charge in [-0.15, -0.1) is 0 Å². The highest BCUT2D eigenvalue weighted by Gasteiger charge is 2.29. The first-order valence-corrected chi connectivity index (χ1v) is 19.3. The van der Waals surface area contributed by atoms with Gasteiger partial charge < -0.3 is 18.9 Å². The standard InChI is InChI=1S/C20H27FN4.C19H25FN4/c21-15-3-2-9-24(14-15)17-6-7-19-18(13-17)22-20-8-10-23(11-12-25(19)20)16-4-1-5-16;20-14-6-8-23(13-14)16-4-5-18-17(12-16)21-19-7-9-22(10-11-24(18)19)15-2-1-3-15/h6-7,13,15-16H,1-5,8-12,14H2;4-5,12,14-15H,1-3,6-11,13H2. The molecule has 4 aromatic rings. The van der Waals surface area contributed by atoms with Crippen molar-refractivity contribution in [1.82, 2.24) is 28.9 Å². The predicted octanol–water partition coefficient (Wildman–Crippen LogP) is 6.38. The molecule has 0 N–H and O–H groups in total. The second kappa shape index (κ2) is 13.5. The van der Waals surface area contributed by atoms with Gasteiger partial charge in [0.25, 0.3) is 0 Å². The summed E-state index contributed by atoms with van der Waals surface area (Å²) in [6.45, 7) is 9.45. The average Bonchev–Trinajstić information content (AvgIpc) is 3.66. The summed E-state index contributed by atoms with van der Waals surface area (Å²) >= 11 is 0. The highest BCUT2D eigenvalue weighted by molar-refractivity contribution is 5.81. The molecule has 4 aliphatic heterocycles. The summed E-state index contributed by atoms with van der Waals surface area (Å²) < 4.78 is 32.0. The Morgan fingerprint density at radius 3 is 1.47 bits per heavy atom.